The second-order valence-corrected chi connectivity index (χ2v) is 3.76. The highest BCUT2D eigenvalue weighted by Crippen LogP contribution is 2.34. The largest absolute Gasteiger partial charge is 0.466 e. The number of nitrogens with one attached hydrogen (secondary N) is 1. The summed E-state index contributed by atoms with van der Waals surface area (Å²) in [6, 6.07) is 3.67. The Hall–Kier alpha value is -0.800. The van der Waals surface area contributed by atoms with Crippen LogP contribution in [0.2, 0.25) is 0 Å². The van der Waals surface area contributed by atoms with Crippen LogP contribution >= 0.6 is 0 Å². The fourth-order valence-electron chi connectivity index (χ4n) is 1.90. The fraction of sp³-hybridized carbons (Fsp3) is 0.600. The van der Waals surface area contributed by atoms with Crippen LogP contribution < -0.4 is 5.32 Å². The number of aliphatic hydroxyl groups is 1. The predicted molar refractivity (Wildman–Crippen MR) is 49.3 cm³/mol. The van der Waals surface area contributed by atoms with E-state index in [-0.39, 0.29) is 5.92 Å². The molecule has 2 N–H and O–H groups in total. The summed E-state index contributed by atoms with van der Waals surface area (Å²) in [6.07, 6.45) is 2.34. The first-order valence-corrected chi connectivity index (χ1v) is 4.70. The van der Waals surface area contributed by atoms with E-state index in [0.717, 1.165) is 19.5 Å². The van der Waals surface area contributed by atoms with Crippen molar-refractivity contribution >= 4 is 0 Å². The molecule has 0 aliphatic carbocycles. The number of rotatable bonds is 1. The molecule has 2 atom stereocenters. The van der Waals surface area contributed by atoms with Crippen molar-refractivity contribution in [1.29, 1.82) is 0 Å². The van der Waals surface area contributed by atoms with Crippen molar-refractivity contribution in [2.45, 2.75) is 18.9 Å². The van der Waals surface area contributed by atoms with Gasteiger partial charge in [0.1, 0.15) is 11.4 Å². The number of hydrogen-bond donors (Lipinski definition) is 2. The van der Waals surface area contributed by atoms with Crippen LogP contribution in [0.4, 0.5) is 0 Å². The zero-order valence-electron chi connectivity index (χ0n) is 7.79. The van der Waals surface area contributed by atoms with Crippen molar-refractivity contribution in [1.82, 2.24) is 5.32 Å². The van der Waals surface area contributed by atoms with Crippen LogP contribution in [0.5, 0.6) is 0 Å². The Morgan fingerprint density at radius 2 is 2.54 bits per heavy atom. The molecule has 13 heavy (non-hydrogen) atoms. The van der Waals surface area contributed by atoms with Crippen LogP contribution in [-0.2, 0) is 5.60 Å². The van der Waals surface area contributed by atoms with Crippen LogP contribution in [0.25, 0.3) is 0 Å². The third-order valence-electron chi connectivity index (χ3n) is 2.90. The maximum absolute atomic E-state index is 10.4. The number of furan rings is 1. The maximum atomic E-state index is 10.4. The Labute approximate surface area is 77.8 Å². The minimum absolute atomic E-state index is 0.201. The molecule has 1 aromatic heterocycles. The van der Waals surface area contributed by atoms with Crippen molar-refractivity contribution in [3.8, 4) is 0 Å². The fourth-order valence-corrected chi connectivity index (χ4v) is 1.90. The zero-order chi connectivity index (χ0) is 9.31. The molecular weight excluding hydrogens is 166 g/mol. The molecule has 72 valence electrons. The van der Waals surface area contributed by atoms with Gasteiger partial charge in [-0.25, -0.2) is 0 Å². The molecular formula is C10H15NO2. The maximum Gasteiger partial charge on any atom is 0.135 e. The van der Waals surface area contributed by atoms with E-state index in [2.05, 4.69) is 5.32 Å². The van der Waals surface area contributed by atoms with E-state index < -0.39 is 5.60 Å². The molecule has 1 fully saturated rings. The van der Waals surface area contributed by atoms with Gasteiger partial charge in [0.25, 0.3) is 0 Å². The molecule has 2 heterocycles. The van der Waals surface area contributed by atoms with Gasteiger partial charge in [0.15, 0.2) is 0 Å². The van der Waals surface area contributed by atoms with Gasteiger partial charge in [-0.05, 0) is 25.1 Å². The molecule has 0 aromatic carbocycles. The molecule has 1 aromatic rings. The lowest BCUT2D eigenvalue weighted by Crippen LogP contribution is -2.46. The normalized spacial score (nSPS) is 34.8. The van der Waals surface area contributed by atoms with Crippen molar-refractivity contribution in [2.24, 2.45) is 5.92 Å². The molecule has 1 saturated heterocycles. The molecule has 0 amide bonds. The molecule has 0 spiro atoms. The number of hydrogen-bond acceptors (Lipinski definition) is 3. The third kappa shape index (κ3) is 1.38. The molecule has 3 heteroatoms. The number of piperidine rings is 1. The summed E-state index contributed by atoms with van der Waals surface area (Å²) in [4.78, 5) is 0. The molecule has 2 unspecified atom stereocenters. The summed E-state index contributed by atoms with van der Waals surface area (Å²) in [5.74, 6) is 0.897. The van der Waals surface area contributed by atoms with E-state index in [0.29, 0.717) is 5.76 Å². The Morgan fingerprint density at radius 3 is 3.15 bits per heavy atom. The van der Waals surface area contributed by atoms with Gasteiger partial charge in [-0.15, -0.1) is 0 Å². The second kappa shape index (κ2) is 3.16. The monoisotopic (exact) mass is 181 g/mol. The van der Waals surface area contributed by atoms with Gasteiger partial charge in [-0.2, -0.15) is 0 Å². The smallest absolute Gasteiger partial charge is 0.135 e. The van der Waals surface area contributed by atoms with Gasteiger partial charge in [0.2, 0.25) is 0 Å². The van der Waals surface area contributed by atoms with Crippen LogP contribution in [0.15, 0.2) is 22.8 Å². The summed E-state index contributed by atoms with van der Waals surface area (Å²) in [6.45, 7) is 3.73. The van der Waals surface area contributed by atoms with Gasteiger partial charge >= 0.3 is 0 Å². The Morgan fingerprint density at radius 1 is 1.69 bits per heavy atom. The topological polar surface area (TPSA) is 45.4 Å². The van der Waals surface area contributed by atoms with E-state index in [1.165, 1.54) is 0 Å². The van der Waals surface area contributed by atoms with E-state index >= 15 is 0 Å². The summed E-state index contributed by atoms with van der Waals surface area (Å²) >= 11 is 0. The van der Waals surface area contributed by atoms with Crippen molar-refractivity contribution in [3.05, 3.63) is 24.2 Å². The van der Waals surface area contributed by atoms with Gasteiger partial charge in [0, 0.05) is 12.5 Å². The molecule has 0 bridgehead atoms. The van der Waals surface area contributed by atoms with E-state index in [1.54, 1.807) is 6.26 Å². The lowest BCUT2D eigenvalue weighted by Gasteiger charge is -2.36. The molecule has 1 aliphatic heterocycles. The van der Waals surface area contributed by atoms with Crippen molar-refractivity contribution < 1.29 is 9.52 Å². The summed E-state index contributed by atoms with van der Waals surface area (Å²) < 4.78 is 5.27. The Bertz CT molecular complexity index is 270. The SMILES string of the molecule is CC1CNCCC1(O)c1ccco1. The zero-order valence-corrected chi connectivity index (χ0v) is 7.79. The minimum Gasteiger partial charge on any atom is -0.466 e. The minimum atomic E-state index is -0.769. The van der Waals surface area contributed by atoms with Gasteiger partial charge in [-0.3, -0.25) is 0 Å². The van der Waals surface area contributed by atoms with E-state index in [1.807, 2.05) is 19.1 Å². The van der Waals surface area contributed by atoms with E-state index in [4.69, 9.17) is 4.42 Å². The van der Waals surface area contributed by atoms with E-state index in [9.17, 15) is 5.11 Å². The molecule has 3 nitrogen and oxygen atoms in total. The van der Waals surface area contributed by atoms with Gasteiger partial charge in [-0.1, -0.05) is 6.92 Å². The molecule has 1 aliphatic rings. The Kier molecular flexibility index (Phi) is 2.14. The molecule has 0 saturated carbocycles. The highest BCUT2D eigenvalue weighted by Gasteiger charge is 2.39. The van der Waals surface area contributed by atoms with Crippen molar-refractivity contribution in [2.75, 3.05) is 13.1 Å². The lowest BCUT2D eigenvalue weighted by molar-refractivity contribution is -0.0563. The first kappa shape index (κ1) is 8.78. The first-order valence-electron chi connectivity index (χ1n) is 4.70. The quantitative estimate of drug-likeness (QED) is 0.682. The average molecular weight is 181 g/mol. The summed E-state index contributed by atoms with van der Waals surface area (Å²) in [5.41, 5.74) is -0.769. The average Bonchev–Trinajstić information content (AvgIpc) is 2.63. The van der Waals surface area contributed by atoms with Gasteiger partial charge in [0.05, 0.1) is 6.26 Å². The Balaban J connectivity index is 2.27. The highest BCUT2D eigenvalue weighted by molar-refractivity contribution is 5.12. The summed E-state index contributed by atoms with van der Waals surface area (Å²) in [5, 5.41) is 13.6. The van der Waals surface area contributed by atoms with Crippen LogP contribution in [0.1, 0.15) is 19.1 Å². The third-order valence-corrected chi connectivity index (χ3v) is 2.90. The van der Waals surface area contributed by atoms with Gasteiger partial charge < -0.3 is 14.8 Å². The van der Waals surface area contributed by atoms with Crippen LogP contribution in [0.3, 0.4) is 0 Å². The standard InChI is InChI=1S/C10H15NO2/c1-8-7-11-5-4-10(8,12)9-3-2-6-13-9/h2-3,6,8,11-12H,4-5,7H2,1H3. The summed E-state index contributed by atoms with van der Waals surface area (Å²) in [7, 11) is 0. The molecule has 0 radical (unpaired) electrons. The van der Waals surface area contributed by atoms with Crippen LogP contribution in [-0.4, -0.2) is 18.2 Å². The van der Waals surface area contributed by atoms with Crippen LogP contribution in [0, 0.1) is 5.92 Å². The highest BCUT2D eigenvalue weighted by atomic mass is 16.4. The lowest BCUT2D eigenvalue weighted by atomic mass is 9.81. The second-order valence-electron chi connectivity index (χ2n) is 3.76. The van der Waals surface area contributed by atoms with Crippen molar-refractivity contribution in [3.63, 3.8) is 0 Å². The predicted octanol–water partition coefficient (Wildman–Crippen LogP) is 1.10. The first-order chi connectivity index (χ1) is 6.23. The molecule has 2 rings (SSSR count).